The van der Waals surface area contributed by atoms with E-state index in [0.717, 1.165) is 16.9 Å². The molecule has 0 N–H and O–H groups in total. The van der Waals surface area contributed by atoms with Crippen molar-refractivity contribution in [1.82, 2.24) is 9.38 Å². The number of aromatic nitrogens is 2. The van der Waals surface area contributed by atoms with Crippen molar-refractivity contribution >= 4 is 22.8 Å². The zero-order valence-corrected chi connectivity index (χ0v) is 19.6. The van der Waals surface area contributed by atoms with Crippen LogP contribution < -0.4 is 9.47 Å². The third-order valence-corrected chi connectivity index (χ3v) is 5.90. The fraction of sp³-hybridized carbons (Fsp3) is 0.179. The Hall–Kier alpha value is -4.57. The van der Waals surface area contributed by atoms with Crippen LogP contribution in [0.4, 0.5) is 0 Å². The molecular weight excluding hydrogens is 442 g/mol. The normalized spacial score (nSPS) is 14.6. The Morgan fingerprint density at radius 2 is 1.69 bits per heavy atom. The van der Waals surface area contributed by atoms with Crippen molar-refractivity contribution in [2.45, 2.75) is 26.1 Å². The first kappa shape index (κ1) is 22.2. The number of carbonyl (C=O) groups is 1. The molecule has 5 rings (SSSR count). The summed E-state index contributed by atoms with van der Waals surface area (Å²) in [6.07, 6.45) is 1.80. The molecule has 0 saturated heterocycles. The zero-order valence-electron chi connectivity index (χ0n) is 19.6. The summed E-state index contributed by atoms with van der Waals surface area (Å²) in [5.74, 6) is 1.85. The number of Topliss-reactive ketones (excluding diaryl/α,β-unsaturated/α-hetero) is 1. The van der Waals surface area contributed by atoms with Gasteiger partial charge in [-0.3, -0.25) is 9.20 Å². The number of carbonyl (C=O) groups excluding carboxylic acids is 1. The highest BCUT2D eigenvalue weighted by molar-refractivity contribution is 6.32. The lowest BCUT2D eigenvalue weighted by Gasteiger charge is -2.17. The van der Waals surface area contributed by atoms with E-state index < -0.39 is 5.60 Å². The number of fused-ring (bicyclic) bond motifs is 1. The Labute approximate surface area is 202 Å². The number of benzene rings is 2. The van der Waals surface area contributed by atoms with Gasteiger partial charge in [-0.15, -0.1) is 0 Å². The lowest BCUT2D eigenvalue weighted by Crippen LogP contribution is -2.29. The molecule has 174 valence electrons. The van der Waals surface area contributed by atoms with Crippen molar-refractivity contribution in [3.63, 3.8) is 0 Å². The van der Waals surface area contributed by atoms with Gasteiger partial charge in [-0.05, 0) is 67.9 Å². The molecule has 0 spiro atoms. The van der Waals surface area contributed by atoms with Crippen molar-refractivity contribution in [1.29, 1.82) is 5.26 Å². The standard InChI is InChI=1S/C28H23N3O4/c1-28(2)27(32)25(26(35-28)19-9-11-22(33-3)12-10-19)18-7-13-23(14-8-18)34-17-20-16-31-21(15-29)5-4-6-24(31)30-20/h4-14,16H,17H2,1-3H3. The predicted octanol–water partition coefficient (Wildman–Crippen LogP) is 5.04. The quantitative estimate of drug-likeness (QED) is 0.397. The minimum absolute atomic E-state index is 0.0741. The monoisotopic (exact) mass is 465 g/mol. The van der Waals surface area contributed by atoms with Crippen molar-refractivity contribution in [3.05, 3.63) is 95.4 Å². The molecular formula is C28H23N3O4. The average Bonchev–Trinajstić information content (AvgIpc) is 3.40. The summed E-state index contributed by atoms with van der Waals surface area (Å²) in [7, 11) is 1.61. The van der Waals surface area contributed by atoms with Crippen LogP contribution in [0.5, 0.6) is 11.5 Å². The van der Waals surface area contributed by atoms with Crippen molar-refractivity contribution in [3.8, 4) is 17.6 Å². The van der Waals surface area contributed by atoms with Crippen LogP contribution in [0.15, 0.2) is 72.9 Å². The van der Waals surface area contributed by atoms with Crippen LogP contribution in [0.2, 0.25) is 0 Å². The SMILES string of the molecule is COc1ccc(C2=C(c3ccc(OCc4cn5c(C#N)cccc5n4)cc3)C(=O)C(C)(C)O2)cc1. The maximum atomic E-state index is 13.2. The van der Waals surface area contributed by atoms with Crippen molar-refractivity contribution < 1.29 is 19.0 Å². The number of imidazole rings is 1. The van der Waals surface area contributed by atoms with Gasteiger partial charge >= 0.3 is 0 Å². The summed E-state index contributed by atoms with van der Waals surface area (Å²) in [5, 5.41) is 9.26. The molecule has 3 heterocycles. The number of pyridine rings is 1. The largest absolute Gasteiger partial charge is 0.497 e. The van der Waals surface area contributed by atoms with Gasteiger partial charge in [0.05, 0.1) is 18.4 Å². The lowest BCUT2D eigenvalue weighted by atomic mass is 9.92. The number of ether oxygens (including phenoxy) is 3. The van der Waals surface area contributed by atoms with E-state index >= 15 is 0 Å². The molecule has 0 aliphatic carbocycles. The highest BCUT2D eigenvalue weighted by Crippen LogP contribution is 2.41. The van der Waals surface area contributed by atoms with Crippen LogP contribution >= 0.6 is 0 Å². The Bertz CT molecular complexity index is 1490. The van der Waals surface area contributed by atoms with E-state index in [1.54, 1.807) is 43.7 Å². The summed E-state index contributed by atoms with van der Waals surface area (Å²) < 4.78 is 19.0. The predicted molar refractivity (Wildman–Crippen MR) is 131 cm³/mol. The van der Waals surface area contributed by atoms with Crippen molar-refractivity contribution in [2.75, 3.05) is 7.11 Å². The molecule has 7 heteroatoms. The minimum Gasteiger partial charge on any atom is -0.497 e. The molecule has 1 aliphatic rings. The summed E-state index contributed by atoms with van der Waals surface area (Å²) >= 11 is 0. The first-order chi connectivity index (χ1) is 16.9. The number of nitriles is 1. The van der Waals surface area contributed by atoms with Gasteiger partial charge in [-0.1, -0.05) is 18.2 Å². The van der Waals surface area contributed by atoms with Gasteiger partial charge in [0.15, 0.2) is 5.60 Å². The van der Waals surface area contributed by atoms with E-state index in [9.17, 15) is 10.1 Å². The average molecular weight is 466 g/mol. The van der Waals surface area contributed by atoms with Gasteiger partial charge in [-0.25, -0.2) is 4.98 Å². The molecule has 1 aliphatic heterocycles. The first-order valence-corrected chi connectivity index (χ1v) is 11.1. The van der Waals surface area contributed by atoms with E-state index in [2.05, 4.69) is 11.1 Å². The third-order valence-electron chi connectivity index (χ3n) is 5.90. The maximum Gasteiger partial charge on any atom is 0.210 e. The second kappa shape index (κ2) is 8.65. The van der Waals surface area contributed by atoms with Crippen LogP contribution in [-0.4, -0.2) is 27.9 Å². The van der Waals surface area contributed by atoms with Crippen LogP contribution in [0.25, 0.3) is 17.0 Å². The molecule has 7 nitrogen and oxygen atoms in total. The van der Waals surface area contributed by atoms with Gasteiger partial charge in [0.1, 0.15) is 41.3 Å². The minimum atomic E-state index is -0.953. The number of hydrogen-bond donors (Lipinski definition) is 0. The summed E-state index contributed by atoms with van der Waals surface area (Å²) in [5.41, 5.74) is 3.06. The second-order valence-corrected chi connectivity index (χ2v) is 8.67. The lowest BCUT2D eigenvalue weighted by molar-refractivity contribution is -0.125. The zero-order chi connectivity index (χ0) is 24.6. The highest BCUT2D eigenvalue weighted by Gasteiger charge is 2.42. The Morgan fingerprint density at radius 1 is 1.00 bits per heavy atom. The Morgan fingerprint density at radius 3 is 2.37 bits per heavy atom. The Kier molecular flexibility index (Phi) is 5.50. The maximum absolute atomic E-state index is 13.2. The molecule has 0 fully saturated rings. The van der Waals surface area contributed by atoms with E-state index in [1.807, 2.05) is 54.6 Å². The van der Waals surface area contributed by atoms with Crippen LogP contribution in [0, 0.1) is 11.3 Å². The number of rotatable bonds is 6. The molecule has 4 aromatic rings. The van der Waals surface area contributed by atoms with Gasteiger partial charge in [0.2, 0.25) is 5.78 Å². The summed E-state index contributed by atoms with van der Waals surface area (Å²) in [6, 6.07) is 22.3. The molecule has 0 atom stereocenters. The topological polar surface area (TPSA) is 85.9 Å². The second-order valence-electron chi connectivity index (χ2n) is 8.67. The van der Waals surface area contributed by atoms with E-state index in [0.29, 0.717) is 34.1 Å². The smallest absolute Gasteiger partial charge is 0.210 e. The van der Waals surface area contributed by atoms with Crippen LogP contribution in [-0.2, 0) is 16.1 Å². The number of methoxy groups -OCH3 is 1. The van der Waals surface area contributed by atoms with Gasteiger partial charge in [0, 0.05) is 11.8 Å². The van der Waals surface area contributed by atoms with E-state index in [-0.39, 0.29) is 12.4 Å². The molecule has 0 radical (unpaired) electrons. The molecule has 0 unspecified atom stereocenters. The number of hydrogen-bond acceptors (Lipinski definition) is 6. The fourth-order valence-electron chi connectivity index (χ4n) is 4.06. The third kappa shape index (κ3) is 4.11. The Balaban J connectivity index is 1.39. The molecule has 0 bridgehead atoms. The van der Waals surface area contributed by atoms with Crippen molar-refractivity contribution in [2.24, 2.45) is 0 Å². The summed E-state index contributed by atoms with van der Waals surface area (Å²) in [6.45, 7) is 3.80. The number of ketones is 1. The van der Waals surface area contributed by atoms with E-state index in [4.69, 9.17) is 14.2 Å². The molecule has 35 heavy (non-hydrogen) atoms. The molecule has 2 aromatic heterocycles. The van der Waals surface area contributed by atoms with Gasteiger partial charge in [0.25, 0.3) is 0 Å². The molecule has 2 aromatic carbocycles. The van der Waals surface area contributed by atoms with Crippen LogP contribution in [0.3, 0.4) is 0 Å². The van der Waals surface area contributed by atoms with E-state index in [1.165, 1.54) is 0 Å². The molecule has 0 saturated carbocycles. The molecule has 0 amide bonds. The fourth-order valence-corrected chi connectivity index (χ4v) is 4.06. The van der Waals surface area contributed by atoms with Gasteiger partial charge < -0.3 is 14.2 Å². The van der Waals surface area contributed by atoms with Crippen LogP contribution in [0.1, 0.15) is 36.4 Å². The highest BCUT2D eigenvalue weighted by atomic mass is 16.5. The summed E-state index contributed by atoms with van der Waals surface area (Å²) in [4.78, 5) is 17.7. The number of nitrogens with zero attached hydrogens (tertiary/aromatic N) is 3. The first-order valence-electron chi connectivity index (χ1n) is 11.1. The van der Waals surface area contributed by atoms with Gasteiger partial charge in [-0.2, -0.15) is 5.26 Å².